The van der Waals surface area contributed by atoms with Crippen LogP contribution in [0.5, 0.6) is 0 Å². The number of aliphatic hydroxyl groups is 7. The molecule has 94 valence electrons. The lowest BCUT2D eigenvalue weighted by atomic mass is 10.00. The fourth-order valence-corrected chi connectivity index (χ4v) is 0.873. The van der Waals surface area contributed by atoms with Gasteiger partial charge in [0.05, 0.1) is 13.2 Å². The molecule has 8 heteroatoms. The first kappa shape index (κ1) is 17.4. The molecule has 0 radical (unpaired) electrons. The monoisotopic (exact) mass is 248 g/mol. The van der Waals surface area contributed by atoms with Gasteiger partial charge >= 0.3 is 0 Å². The van der Waals surface area contributed by atoms with Gasteiger partial charge in [0.2, 0.25) is 0 Å². The minimum atomic E-state index is -1.85. The first-order valence-corrected chi connectivity index (χ1v) is 4.07. The van der Waals surface area contributed by atoms with Gasteiger partial charge in [0.25, 0.3) is 0 Å². The van der Waals surface area contributed by atoms with E-state index in [0.717, 1.165) is 0 Å². The Morgan fingerprint density at radius 3 is 1.07 bits per heavy atom. The van der Waals surface area contributed by atoms with Crippen LogP contribution in [-0.2, 0) is 0 Å². The lowest BCUT2D eigenvalue weighted by Crippen LogP contribution is -2.50. The zero-order chi connectivity index (χ0) is 11.3. The minimum absolute atomic E-state index is 0. The van der Waals surface area contributed by atoms with Gasteiger partial charge in [-0.1, -0.05) is 0 Å². The maximum absolute atomic E-state index is 9.15. The zero-order valence-corrected chi connectivity index (χ0v) is 8.66. The molecule has 0 aliphatic rings. The smallest absolute Gasteiger partial charge is 0.111 e. The summed E-state index contributed by atoms with van der Waals surface area (Å²) in [6.07, 6.45) is -8.68. The topological polar surface area (TPSA) is 142 Å². The average molecular weight is 249 g/mol. The van der Waals surface area contributed by atoms with Gasteiger partial charge in [-0.15, -0.1) is 12.4 Å². The fourth-order valence-electron chi connectivity index (χ4n) is 0.873. The Morgan fingerprint density at radius 1 is 0.600 bits per heavy atom. The van der Waals surface area contributed by atoms with Crippen LogP contribution in [0.1, 0.15) is 0 Å². The largest absolute Gasteiger partial charge is 0.394 e. The van der Waals surface area contributed by atoms with Crippen LogP contribution in [-0.4, -0.2) is 79.5 Å². The second kappa shape index (κ2) is 8.20. The van der Waals surface area contributed by atoms with Crippen molar-refractivity contribution in [2.75, 3.05) is 13.2 Å². The third kappa shape index (κ3) is 5.05. The van der Waals surface area contributed by atoms with Gasteiger partial charge in [-0.3, -0.25) is 0 Å². The maximum atomic E-state index is 9.15. The van der Waals surface area contributed by atoms with E-state index in [4.69, 9.17) is 35.7 Å². The van der Waals surface area contributed by atoms with Crippen molar-refractivity contribution in [3.63, 3.8) is 0 Å². The molecule has 0 saturated carbocycles. The lowest BCUT2D eigenvalue weighted by molar-refractivity contribution is -0.145. The molecule has 0 aliphatic heterocycles. The molecule has 0 spiro atoms. The van der Waals surface area contributed by atoms with Crippen molar-refractivity contribution >= 4 is 12.4 Å². The van der Waals surface area contributed by atoms with Crippen LogP contribution in [0.4, 0.5) is 0 Å². The molecular formula is C7H17ClO7. The van der Waals surface area contributed by atoms with Gasteiger partial charge in [0.1, 0.15) is 30.5 Å². The van der Waals surface area contributed by atoms with Crippen molar-refractivity contribution in [2.45, 2.75) is 30.5 Å². The molecule has 0 fully saturated rings. The molecule has 0 aromatic heterocycles. The van der Waals surface area contributed by atoms with Crippen LogP contribution in [0.25, 0.3) is 0 Å². The fraction of sp³-hybridized carbons (Fsp3) is 1.00. The Balaban J connectivity index is 0. The molecule has 0 amide bonds. The van der Waals surface area contributed by atoms with Crippen LogP contribution in [0, 0.1) is 0 Å². The van der Waals surface area contributed by atoms with E-state index < -0.39 is 43.7 Å². The number of hydrogen-bond donors (Lipinski definition) is 7. The summed E-state index contributed by atoms with van der Waals surface area (Å²) in [5.41, 5.74) is 0. The Bertz CT molecular complexity index is 142. The van der Waals surface area contributed by atoms with E-state index in [1.807, 2.05) is 0 Å². The molecule has 7 nitrogen and oxygen atoms in total. The van der Waals surface area contributed by atoms with E-state index in [-0.39, 0.29) is 12.4 Å². The summed E-state index contributed by atoms with van der Waals surface area (Å²) >= 11 is 0. The molecule has 0 saturated heterocycles. The van der Waals surface area contributed by atoms with Gasteiger partial charge in [0.15, 0.2) is 0 Å². The normalized spacial score (nSPS) is 21.0. The van der Waals surface area contributed by atoms with Crippen molar-refractivity contribution in [3.8, 4) is 0 Å². The highest BCUT2D eigenvalue weighted by molar-refractivity contribution is 5.85. The van der Waals surface area contributed by atoms with E-state index in [2.05, 4.69) is 0 Å². The molecule has 0 aromatic rings. The Morgan fingerprint density at radius 2 is 0.867 bits per heavy atom. The van der Waals surface area contributed by atoms with Crippen molar-refractivity contribution in [1.82, 2.24) is 0 Å². The van der Waals surface area contributed by atoms with E-state index >= 15 is 0 Å². The summed E-state index contributed by atoms with van der Waals surface area (Å²) in [7, 11) is 0. The van der Waals surface area contributed by atoms with Crippen molar-refractivity contribution < 1.29 is 35.7 Å². The quantitative estimate of drug-likeness (QED) is 0.256. The molecule has 7 N–H and O–H groups in total. The van der Waals surface area contributed by atoms with Crippen LogP contribution < -0.4 is 0 Å². The van der Waals surface area contributed by atoms with E-state index in [1.54, 1.807) is 0 Å². The highest BCUT2D eigenvalue weighted by Crippen LogP contribution is 2.07. The standard InChI is InChI=1S/C7H16O7.ClH/c8-1-3(10)5(12)7(14)6(13)4(11)2-9;/h3-14H,1-2H2;1H/t3-,4-,5-,6+,7?;/m1./s1. The highest BCUT2D eigenvalue weighted by Gasteiger charge is 2.33. The zero-order valence-electron chi connectivity index (χ0n) is 7.84. The van der Waals surface area contributed by atoms with E-state index in [9.17, 15) is 0 Å². The molecule has 0 bridgehead atoms. The second-order valence-corrected chi connectivity index (χ2v) is 2.97. The number of halogens is 1. The van der Waals surface area contributed by atoms with Gasteiger partial charge in [-0.2, -0.15) is 0 Å². The molecular weight excluding hydrogens is 232 g/mol. The molecule has 5 atom stereocenters. The molecule has 15 heavy (non-hydrogen) atoms. The molecule has 0 rings (SSSR count). The first-order valence-electron chi connectivity index (χ1n) is 4.07. The van der Waals surface area contributed by atoms with Gasteiger partial charge in [-0.05, 0) is 0 Å². The van der Waals surface area contributed by atoms with Crippen molar-refractivity contribution in [1.29, 1.82) is 0 Å². The molecule has 1 unspecified atom stereocenters. The number of aliphatic hydroxyl groups excluding tert-OH is 7. The first-order chi connectivity index (χ1) is 6.45. The van der Waals surface area contributed by atoms with E-state index in [1.165, 1.54) is 0 Å². The van der Waals surface area contributed by atoms with E-state index in [0.29, 0.717) is 0 Å². The predicted molar refractivity (Wildman–Crippen MR) is 51.5 cm³/mol. The summed E-state index contributed by atoms with van der Waals surface area (Å²) in [6.45, 7) is -1.58. The van der Waals surface area contributed by atoms with Gasteiger partial charge in [-0.25, -0.2) is 0 Å². The van der Waals surface area contributed by atoms with Gasteiger partial charge < -0.3 is 35.7 Å². The Kier molecular flexibility index (Phi) is 9.51. The Labute approximate surface area is 92.6 Å². The third-order valence-electron chi connectivity index (χ3n) is 1.86. The molecule has 0 aromatic carbocycles. The predicted octanol–water partition coefficient (Wildman–Crippen LogP) is -3.80. The van der Waals surface area contributed by atoms with Crippen LogP contribution in [0.15, 0.2) is 0 Å². The van der Waals surface area contributed by atoms with Gasteiger partial charge in [0, 0.05) is 0 Å². The summed E-state index contributed by atoms with van der Waals surface area (Å²) in [6, 6.07) is 0. The summed E-state index contributed by atoms with van der Waals surface area (Å²) < 4.78 is 0. The molecule has 0 heterocycles. The Hall–Kier alpha value is 0.01000. The average Bonchev–Trinajstić information content (AvgIpc) is 2.23. The number of rotatable bonds is 6. The van der Waals surface area contributed by atoms with Crippen molar-refractivity contribution in [2.24, 2.45) is 0 Å². The minimum Gasteiger partial charge on any atom is -0.394 e. The maximum Gasteiger partial charge on any atom is 0.111 e. The highest BCUT2D eigenvalue weighted by atomic mass is 35.5. The number of hydrogen-bond acceptors (Lipinski definition) is 7. The van der Waals surface area contributed by atoms with Crippen LogP contribution in [0.2, 0.25) is 0 Å². The third-order valence-corrected chi connectivity index (χ3v) is 1.86. The summed E-state index contributed by atoms with van der Waals surface area (Å²) in [5.74, 6) is 0. The SMILES string of the molecule is Cl.OC[C@@H](O)[C@H](O)C(O)[C@H](O)[C@H](O)CO. The van der Waals surface area contributed by atoms with Crippen molar-refractivity contribution in [3.05, 3.63) is 0 Å². The van der Waals surface area contributed by atoms with Crippen LogP contribution in [0.3, 0.4) is 0 Å². The molecule has 0 aliphatic carbocycles. The van der Waals surface area contributed by atoms with Crippen LogP contribution >= 0.6 is 12.4 Å². The lowest BCUT2D eigenvalue weighted by Gasteiger charge is -2.27. The summed E-state index contributed by atoms with van der Waals surface area (Å²) in [4.78, 5) is 0. The summed E-state index contributed by atoms with van der Waals surface area (Å²) in [5, 5.41) is 61.9. The second-order valence-electron chi connectivity index (χ2n) is 2.97.